The number of carbonyl (C=O) groups is 1. The van der Waals surface area contributed by atoms with Gasteiger partial charge >= 0.3 is 13.1 Å². The molecule has 2 aliphatic rings. The minimum Gasteiger partial charge on any atom is -0.481 e. The molecule has 2 unspecified atom stereocenters. The van der Waals surface area contributed by atoms with Crippen molar-refractivity contribution in [1.29, 1.82) is 0 Å². The number of hydrogen-bond donors (Lipinski definition) is 3. The molecule has 1 saturated heterocycles. The highest BCUT2D eigenvalue weighted by molar-refractivity contribution is 6.40. The van der Waals surface area contributed by atoms with Crippen LogP contribution in [-0.4, -0.2) is 52.8 Å². The van der Waals surface area contributed by atoms with Crippen molar-refractivity contribution in [3.63, 3.8) is 0 Å². The minimum absolute atomic E-state index is 0.194. The molecule has 0 aromatic heterocycles. The van der Waals surface area contributed by atoms with Crippen LogP contribution in [0.15, 0.2) is 24.3 Å². The third kappa shape index (κ3) is 5.96. The highest BCUT2D eigenvalue weighted by atomic mass is 35.5. The summed E-state index contributed by atoms with van der Waals surface area (Å²) in [4.78, 5) is 14.3. The Balaban J connectivity index is 1.49. The molecule has 154 valence electrons. The van der Waals surface area contributed by atoms with Gasteiger partial charge in [0.1, 0.15) is 0 Å². The van der Waals surface area contributed by atoms with Gasteiger partial charge in [-0.2, -0.15) is 0 Å². The van der Waals surface area contributed by atoms with E-state index in [4.69, 9.17) is 21.6 Å². The third-order valence-electron chi connectivity index (χ3n) is 6.67. The summed E-state index contributed by atoms with van der Waals surface area (Å²) in [6.07, 6.45) is 5.80. The number of rotatable bonds is 7. The summed E-state index contributed by atoms with van der Waals surface area (Å²) in [6.45, 7) is 2.88. The van der Waals surface area contributed by atoms with Gasteiger partial charge in [-0.15, -0.1) is 0 Å². The summed E-state index contributed by atoms with van der Waals surface area (Å²) in [5.74, 6) is 0.0259. The lowest BCUT2D eigenvalue weighted by atomic mass is 9.69. The second kappa shape index (κ2) is 10.1. The van der Waals surface area contributed by atoms with Crippen molar-refractivity contribution in [2.75, 3.05) is 19.6 Å². The smallest absolute Gasteiger partial charge is 0.451 e. The van der Waals surface area contributed by atoms with E-state index >= 15 is 0 Å². The van der Waals surface area contributed by atoms with Gasteiger partial charge in [0.25, 0.3) is 0 Å². The molecule has 0 amide bonds. The molecule has 5 nitrogen and oxygen atoms in total. The largest absolute Gasteiger partial charge is 0.481 e. The van der Waals surface area contributed by atoms with Crippen molar-refractivity contribution in [2.45, 2.75) is 50.8 Å². The Labute approximate surface area is 172 Å². The number of piperidine rings is 1. The standard InChI is InChI=1S/C21H31BClNO4/c23-19-5-3-16(4-6-19)17-8-11-24(12-9-17)14-18-2-1-15(7-10-22(27)28)13-20(18)21(25)26/h3-6,15,17-18,20,27-28H,1-2,7-14H2,(H,25,26)/t15?,18?,20-/m0/s1. The van der Waals surface area contributed by atoms with Gasteiger partial charge in [-0.25, -0.2) is 0 Å². The van der Waals surface area contributed by atoms with E-state index in [1.54, 1.807) is 0 Å². The van der Waals surface area contributed by atoms with Crippen molar-refractivity contribution < 1.29 is 19.9 Å². The van der Waals surface area contributed by atoms with Crippen LogP contribution in [0.2, 0.25) is 11.3 Å². The van der Waals surface area contributed by atoms with Crippen LogP contribution in [0.4, 0.5) is 0 Å². The van der Waals surface area contributed by atoms with Crippen molar-refractivity contribution in [1.82, 2.24) is 4.90 Å². The van der Waals surface area contributed by atoms with Crippen LogP contribution >= 0.6 is 11.6 Å². The zero-order valence-corrected chi connectivity index (χ0v) is 17.1. The number of hydrogen-bond acceptors (Lipinski definition) is 4. The fourth-order valence-corrected chi connectivity index (χ4v) is 5.13. The summed E-state index contributed by atoms with van der Waals surface area (Å²) in [6, 6.07) is 8.14. The fourth-order valence-electron chi connectivity index (χ4n) is 5.00. The van der Waals surface area contributed by atoms with Crippen molar-refractivity contribution >= 4 is 24.7 Å². The zero-order valence-electron chi connectivity index (χ0n) is 16.3. The lowest BCUT2D eigenvalue weighted by molar-refractivity contribution is -0.146. The van der Waals surface area contributed by atoms with Crippen LogP contribution in [0.5, 0.6) is 0 Å². The second-order valence-corrected chi connectivity index (χ2v) is 9.00. The summed E-state index contributed by atoms with van der Waals surface area (Å²) in [5.41, 5.74) is 1.35. The maximum Gasteiger partial charge on any atom is 0.451 e. The van der Waals surface area contributed by atoms with E-state index in [-0.39, 0.29) is 17.8 Å². The van der Waals surface area contributed by atoms with Crippen LogP contribution < -0.4 is 0 Å². The molecule has 0 bridgehead atoms. The average molecular weight is 408 g/mol. The molecule has 1 aromatic rings. The van der Waals surface area contributed by atoms with Gasteiger partial charge in [0.2, 0.25) is 0 Å². The summed E-state index contributed by atoms with van der Waals surface area (Å²) >= 11 is 5.99. The van der Waals surface area contributed by atoms with E-state index < -0.39 is 13.1 Å². The van der Waals surface area contributed by atoms with Gasteiger partial charge in [0.05, 0.1) is 5.92 Å². The molecule has 3 rings (SSSR count). The molecule has 1 heterocycles. The molecule has 1 aliphatic heterocycles. The van der Waals surface area contributed by atoms with Gasteiger partial charge < -0.3 is 20.1 Å². The molecule has 1 aliphatic carbocycles. The molecule has 0 radical (unpaired) electrons. The number of nitrogens with zero attached hydrogens (tertiary/aromatic N) is 1. The quantitative estimate of drug-likeness (QED) is 0.603. The topological polar surface area (TPSA) is 81.0 Å². The molecular weight excluding hydrogens is 376 g/mol. The summed E-state index contributed by atoms with van der Waals surface area (Å²) < 4.78 is 0. The van der Waals surface area contributed by atoms with Crippen LogP contribution in [0.3, 0.4) is 0 Å². The number of carboxylic acids is 1. The lowest BCUT2D eigenvalue weighted by Gasteiger charge is -2.39. The Hall–Kier alpha value is -1.08. The van der Waals surface area contributed by atoms with Gasteiger partial charge in [0, 0.05) is 11.6 Å². The van der Waals surface area contributed by atoms with Gasteiger partial charge in [-0.3, -0.25) is 4.79 Å². The molecule has 1 aromatic carbocycles. The van der Waals surface area contributed by atoms with E-state index in [2.05, 4.69) is 17.0 Å². The SMILES string of the molecule is O=C(O)[C@H]1CC(CCB(O)O)CCC1CN1CCC(c2ccc(Cl)cc2)CC1. The molecule has 7 heteroatoms. The maximum atomic E-state index is 11.8. The number of aliphatic carboxylic acids is 1. The Morgan fingerprint density at radius 3 is 2.39 bits per heavy atom. The van der Waals surface area contributed by atoms with E-state index in [9.17, 15) is 9.90 Å². The maximum absolute atomic E-state index is 11.8. The first-order chi connectivity index (χ1) is 13.4. The van der Waals surface area contributed by atoms with E-state index in [0.717, 1.165) is 50.3 Å². The molecule has 28 heavy (non-hydrogen) atoms. The highest BCUT2D eigenvalue weighted by Crippen LogP contribution is 2.38. The Kier molecular flexibility index (Phi) is 7.81. The van der Waals surface area contributed by atoms with E-state index in [1.165, 1.54) is 5.56 Å². The number of likely N-dealkylation sites (tertiary alicyclic amines) is 1. The predicted molar refractivity (Wildman–Crippen MR) is 111 cm³/mol. The lowest BCUT2D eigenvalue weighted by Crippen LogP contribution is -2.42. The minimum atomic E-state index is -1.29. The van der Waals surface area contributed by atoms with E-state index in [0.29, 0.717) is 25.1 Å². The monoisotopic (exact) mass is 407 g/mol. The van der Waals surface area contributed by atoms with Crippen molar-refractivity contribution in [2.24, 2.45) is 17.8 Å². The van der Waals surface area contributed by atoms with Crippen LogP contribution in [-0.2, 0) is 4.79 Å². The van der Waals surface area contributed by atoms with Gasteiger partial charge in [0.15, 0.2) is 0 Å². The van der Waals surface area contributed by atoms with E-state index in [1.807, 2.05) is 12.1 Å². The van der Waals surface area contributed by atoms with Crippen LogP contribution in [0.1, 0.15) is 50.0 Å². The zero-order chi connectivity index (χ0) is 20.1. The molecule has 0 spiro atoms. The molecule has 1 saturated carbocycles. The normalized spacial score (nSPS) is 26.9. The molecule has 3 N–H and O–H groups in total. The van der Waals surface area contributed by atoms with Crippen molar-refractivity contribution in [3.8, 4) is 0 Å². The molecule has 3 atom stereocenters. The molecular formula is C21H31BClNO4. The average Bonchev–Trinajstić information content (AvgIpc) is 2.68. The van der Waals surface area contributed by atoms with Crippen molar-refractivity contribution in [3.05, 3.63) is 34.9 Å². The first-order valence-corrected chi connectivity index (χ1v) is 10.9. The Morgan fingerprint density at radius 1 is 1.11 bits per heavy atom. The summed E-state index contributed by atoms with van der Waals surface area (Å²) in [5, 5.41) is 28.6. The highest BCUT2D eigenvalue weighted by Gasteiger charge is 2.36. The Bertz CT molecular complexity index is 634. The number of benzene rings is 1. The van der Waals surface area contributed by atoms with Crippen LogP contribution in [0.25, 0.3) is 0 Å². The second-order valence-electron chi connectivity index (χ2n) is 8.57. The number of carboxylic acid groups (broad SMARTS) is 1. The Morgan fingerprint density at radius 2 is 1.79 bits per heavy atom. The first-order valence-electron chi connectivity index (χ1n) is 10.5. The molecule has 2 fully saturated rings. The summed E-state index contributed by atoms with van der Waals surface area (Å²) in [7, 11) is -1.29. The first kappa shape index (κ1) is 21.6. The van der Waals surface area contributed by atoms with Gasteiger partial charge in [-0.05, 0) is 80.5 Å². The van der Waals surface area contributed by atoms with Crippen LogP contribution in [0, 0.1) is 17.8 Å². The third-order valence-corrected chi connectivity index (χ3v) is 6.93. The number of halogens is 1. The fraction of sp³-hybridized carbons (Fsp3) is 0.667. The predicted octanol–water partition coefficient (Wildman–Crippen LogP) is 3.50. The van der Waals surface area contributed by atoms with Gasteiger partial charge in [-0.1, -0.05) is 36.6 Å².